The molecule has 2 aliphatic carbocycles. The van der Waals surface area contributed by atoms with Crippen LogP contribution in [0.1, 0.15) is 75.8 Å². The molecule has 1 heterocycles. The third-order valence-electron chi connectivity index (χ3n) is 7.25. The molecule has 0 spiro atoms. The lowest BCUT2D eigenvalue weighted by Gasteiger charge is -2.44. The first-order valence-corrected chi connectivity index (χ1v) is 12.1. The second kappa shape index (κ2) is 10.4. The van der Waals surface area contributed by atoms with Gasteiger partial charge in [0, 0.05) is 12.6 Å². The zero-order valence-corrected chi connectivity index (χ0v) is 19.5. The van der Waals surface area contributed by atoms with E-state index in [0.717, 1.165) is 50.5 Å². The lowest BCUT2D eigenvalue weighted by atomic mass is 9.91. The van der Waals surface area contributed by atoms with Gasteiger partial charge in [-0.1, -0.05) is 37.0 Å². The van der Waals surface area contributed by atoms with E-state index in [9.17, 15) is 9.59 Å². The van der Waals surface area contributed by atoms with Gasteiger partial charge in [-0.25, -0.2) is 0 Å². The number of nitrogens with zero attached hydrogens (tertiary/aromatic N) is 2. The van der Waals surface area contributed by atoms with Crippen LogP contribution in [0.25, 0.3) is 0 Å². The van der Waals surface area contributed by atoms with Crippen LogP contribution in [0.15, 0.2) is 29.8 Å². The fourth-order valence-electron chi connectivity index (χ4n) is 5.45. The topological polar surface area (TPSA) is 59.1 Å². The Morgan fingerprint density at radius 1 is 0.969 bits per heavy atom. The summed E-state index contributed by atoms with van der Waals surface area (Å²) in [5, 5.41) is 0. The Hall–Kier alpha value is -2.50. The van der Waals surface area contributed by atoms with Gasteiger partial charge in [0.25, 0.3) is 5.91 Å². The summed E-state index contributed by atoms with van der Waals surface area (Å²) in [6.45, 7) is 0.778. The molecule has 0 radical (unpaired) electrons. The molecule has 3 aliphatic rings. The van der Waals surface area contributed by atoms with E-state index < -0.39 is 6.04 Å². The number of carbonyl (C=O) groups excluding carboxylic acids is 2. The van der Waals surface area contributed by atoms with Crippen LogP contribution < -0.4 is 9.47 Å². The molecule has 1 atom stereocenters. The van der Waals surface area contributed by atoms with E-state index in [1.165, 1.54) is 24.8 Å². The van der Waals surface area contributed by atoms with Crippen LogP contribution in [-0.4, -0.2) is 55.0 Å². The van der Waals surface area contributed by atoms with Crippen molar-refractivity contribution in [1.29, 1.82) is 0 Å². The first kappa shape index (κ1) is 22.7. The Bertz CT molecular complexity index is 859. The SMILES string of the molecule is COc1ccc(C2C(=O)N(C3CCCCC3)CC(=O)N2CCC2=CCCCC2)cc1OC. The second-order valence-electron chi connectivity index (χ2n) is 9.22. The van der Waals surface area contributed by atoms with Crippen molar-refractivity contribution in [1.82, 2.24) is 9.80 Å². The summed E-state index contributed by atoms with van der Waals surface area (Å²) in [6, 6.07) is 5.14. The highest BCUT2D eigenvalue weighted by Crippen LogP contribution is 2.37. The van der Waals surface area contributed by atoms with E-state index in [-0.39, 0.29) is 24.4 Å². The van der Waals surface area contributed by atoms with E-state index in [0.29, 0.717) is 18.0 Å². The van der Waals surface area contributed by atoms with Crippen LogP contribution in [-0.2, 0) is 9.59 Å². The first-order chi connectivity index (χ1) is 15.6. The first-order valence-electron chi connectivity index (χ1n) is 12.1. The van der Waals surface area contributed by atoms with Crippen molar-refractivity contribution in [3.8, 4) is 11.5 Å². The zero-order chi connectivity index (χ0) is 22.5. The number of hydrogen-bond acceptors (Lipinski definition) is 4. The molecule has 4 rings (SSSR count). The molecule has 1 aliphatic heterocycles. The highest BCUT2D eigenvalue weighted by molar-refractivity contribution is 5.96. The third-order valence-corrected chi connectivity index (χ3v) is 7.25. The largest absolute Gasteiger partial charge is 0.493 e. The van der Waals surface area contributed by atoms with Gasteiger partial charge >= 0.3 is 0 Å². The molecule has 6 heteroatoms. The number of ether oxygens (including phenoxy) is 2. The number of carbonyl (C=O) groups is 2. The van der Waals surface area contributed by atoms with Crippen molar-refractivity contribution in [3.05, 3.63) is 35.4 Å². The summed E-state index contributed by atoms with van der Waals surface area (Å²) in [4.78, 5) is 30.9. The maximum absolute atomic E-state index is 13.8. The van der Waals surface area contributed by atoms with E-state index in [1.807, 2.05) is 23.1 Å². The highest BCUT2D eigenvalue weighted by Gasteiger charge is 2.43. The van der Waals surface area contributed by atoms with Crippen LogP contribution in [0, 0.1) is 0 Å². The molecule has 174 valence electrons. The average Bonchev–Trinajstić information content (AvgIpc) is 2.85. The Kier molecular flexibility index (Phi) is 7.38. The molecule has 1 saturated heterocycles. The van der Waals surface area contributed by atoms with Crippen molar-refractivity contribution in [2.45, 2.75) is 76.3 Å². The van der Waals surface area contributed by atoms with Crippen molar-refractivity contribution in [3.63, 3.8) is 0 Å². The molecule has 32 heavy (non-hydrogen) atoms. The average molecular weight is 441 g/mol. The Labute approximate surface area is 191 Å². The second-order valence-corrected chi connectivity index (χ2v) is 9.22. The molecule has 1 aromatic rings. The molecule has 1 aromatic carbocycles. The van der Waals surface area contributed by atoms with Crippen molar-refractivity contribution < 1.29 is 19.1 Å². The number of methoxy groups -OCH3 is 2. The van der Waals surface area contributed by atoms with Crippen LogP contribution in [0.4, 0.5) is 0 Å². The summed E-state index contributed by atoms with van der Waals surface area (Å²) in [6.07, 6.45) is 13.3. The van der Waals surface area contributed by atoms with Gasteiger partial charge in [0.05, 0.1) is 14.2 Å². The molecular weight excluding hydrogens is 404 g/mol. The summed E-state index contributed by atoms with van der Waals surface area (Å²) in [5.74, 6) is 1.29. The van der Waals surface area contributed by atoms with Gasteiger partial charge in [-0.2, -0.15) is 0 Å². The van der Waals surface area contributed by atoms with Gasteiger partial charge in [0.2, 0.25) is 5.91 Å². The van der Waals surface area contributed by atoms with Crippen LogP contribution in [0.2, 0.25) is 0 Å². The number of hydrogen-bond donors (Lipinski definition) is 0. The van der Waals surface area contributed by atoms with E-state index >= 15 is 0 Å². The van der Waals surface area contributed by atoms with Gasteiger partial charge in [-0.15, -0.1) is 0 Å². The van der Waals surface area contributed by atoms with Gasteiger partial charge < -0.3 is 19.3 Å². The fourth-order valence-corrected chi connectivity index (χ4v) is 5.45. The third kappa shape index (κ3) is 4.79. The standard InChI is InChI=1S/C26H36N2O4/c1-31-22-14-13-20(17-23(22)32-2)25-26(30)28(21-11-7-4-8-12-21)18-24(29)27(25)16-15-19-9-5-3-6-10-19/h9,13-14,17,21,25H,3-8,10-12,15-16,18H2,1-2H3. The van der Waals surface area contributed by atoms with Crippen molar-refractivity contribution in [2.75, 3.05) is 27.3 Å². The van der Waals surface area contributed by atoms with Crippen LogP contribution >= 0.6 is 0 Å². The van der Waals surface area contributed by atoms with Crippen LogP contribution in [0.5, 0.6) is 11.5 Å². The zero-order valence-electron chi connectivity index (χ0n) is 19.5. The predicted molar refractivity (Wildman–Crippen MR) is 124 cm³/mol. The molecule has 1 unspecified atom stereocenters. The van der Waals surface area contributed by atoms with E-state index in [4.69, 9.17) is 9.47 Å². The number of rotatable bonds is 7. The van der Waals surface area contributed by atoms with Crippen LogP contribution in [0.3, 0.4) is 0 Å². The maximum Gasteiger partial charge on any atom is 0.250 e. The number of benzene rings is 1. The number of amides is 2. The maximum atomic E-state index is 13.8. The minimum atomic E-state index is -0.609. The Morgan fingerprint density at radius 3 is 2.44 bits per heavy atom. The lowest BCUT2D eigenvalue weighted by molar-refractivity contribution is -0.159. The molecule has 0 aromatic heterocycles. The van der Waals surface area contributed by atoms with E-state index in [2.05, 4.69) is 6.08 Å². The minimum Gasteiger partial charge on any atom is -0.493 e. The molecular formula is C26H36N2O4. The number of allylic oxidation sites excluding steroid dienone is 1. The molecule has 2 fully saturated rings. The Morgan fingerprint density at radius 2 is 1.75 bits per heavy atom. The summed E-state index contributed by atoms with van der Waals surface area (Å²) < 4.78 is 10.9. The Balaban J connectivity index is 1.63. The van der Waals surface area contributed by atoms with Crippen molar-refractivity contribution >= 4 is 11.8 Å². The number of piperazine rings is 1. The fraction of sp³-hybridized carbons (Fsp3) is 0.615. The molecule has 6 nitrogen and oxygen atoms in total. The lowest BCUT2D eigenvalue weighted by Crippen LogP contribution is -2.58. The predicted octanol–water partition coefficient (Wildman–Crippen LogP) is 4.64. The van der Waals surface area contributed by atoms with Gasteiger partial charge in [-0.05, 0) is 62.6 Å². The molecule has 1 saturated carbocycles. The van der Waals surface area contributed by atoms with Gasteiger partial charge in [0.15, 0.2) is 11.5 Å². The van der Waals surface area contributed by atoms with Gasteiger partial charge in [0.1, 0.15) is 12.6 Å². The monoisotopic (exact) mass is 440 g/mol. The summed E-state index contributed by atoms with van der Waals surface area (Å²) in [7, 11) is 3.19. The van der Waals surface area contributed by atoms with E-state index in [1.54, 1.807) is 19.1 Å². The normalized spacial score (nSPS) is 22.7. The highest BCUT2D eigenvalue weighted by atomic mass is 16.5. The molecule has 0 bridgehead atoms. The molecule has 0 N–H and O–H groups in total. The summed E-state index contributed by atoms with van der Waals surface area (Å²) in [5.41, 5.74) is 2.21. The van der Waals surface area contributed by atoms with Gasteiger partial charge in [-0.3, -0.25) is 9.59 Å². The minimum absolute atomic E-state index is 0.0429. The van der Waals surface area contributed by atoms with Crippen molar-refractivity contribution in [2.24, 2.45) is 0 Å². The molecule has 2 amide bonds. The quantitative estimate of drug-likeness (QED) is 0.580. The summed E-state index contributed by atoms with van der Waals surface area (Å²) >= 11 is 0. The smallest absolute Gasteiger partial charge is 0.250 e.